The van der Waals surface area contributed by atoms with Gasteiger partial charge in [-0.05, 0) is 50.8 Å². The van der Waals surface area contributed by atoms with E-state index in [1.165, 1.54) is 19.2 Å². The summed E-state index contributed by atoms with van der Waals surface area (Å²) in [5.41, 5.74) is 8.47. The van der Waals surface area contributed by atoms with Gasteiger partial charge in [-0.2, -0.15) is 4.98 Å². The van der Waals surface area contributed by atoms with Gasteiger partial charge >= 0.3 is 0 Å². The van der Waals surface area contributed by atoms with Gasteiger partial charge in [0.2, 0.25) is 5.95 Å². The molecule has 2 unspecified atom stereocenters. The second-order valence-corrected chi connectivity index (χ2v) is 8.12. The number of aromatic nitrogens is 3. The maximum absolute atomic E-state index is 6.19. The average Bonchev–Trinajstić information content (AvgIpc) is 3.00. The number of nitrogens with zero attached hydrogens (tertiary/aromatic N) is 3. The van der Waals surface area contributed by atoms with E-state index in [9.17, 15) is 0 Å². The van der Waals surface area contributed by atoms with Crippen molar-refractivity contribution in [2.45, 2.75) is 77.2 Å². The van der Waals surface area contributed by atoms with Crippen LogP contribution in [0.3, 0.4) is 0 Å². The first-order valence-electron chi connectivity index (χ1n) is 10.1. The number of epoxide rings is 1. The molecule has 2 fully saturated rings. The molecule has 7 nitrogen and oxygen atoms in total. The molecule has 1 spiro atoms. The summed E-state index contributed by atoms with van der Waals surface area (Å²) in [6.07, 6.45) is 6.52. The minimum absolute atomic E-state index is 0.0835. The van der Waals surface area contributed by atoms with Gasteiger partial charge in [0.1, 0.15) is 17.7 Å². The molecular weight excluding hydrogens is 354 g/mol. The Labute approximate surface area is 166 Å². The molecule has 3 N–H and O–H groups in total. The van der Waals surface area contributed by atoms with Crippen LogP contribution in [-0.4, -0.2) is 26.8 Å². The van der Waals surface area contributed by atoms with Crippen LogP contribution >= 0.6 is 0 Å². The molecule has 0 amide bonds. The molecule has 150 valence electrons. The number of hydrogen-bond donors (Lipinski definition) is 2. The molecule has 7 heteroatoms. The van der Waals surface area contributed by atoms with E-state index in [0.29, 0.717) is 23.2 Å². The number of ether oxygens (including phenoxy) is 2. The Morgan fingerprint density at radius 1 is 1.25 bits per heavy atom. The van der Waals surface area contributed by atoms with E-state index >= 15 is 0 Å². The molecule has 2 aromatic rings. The van der Waals surface area contributed by atoms with E-state index in [2.05, 4.69) is 27.2 Å². The molecule has 1 aliphatic heterocycles. The zero-order valence-electron chi connectivity index (χ0n) is 17.1. The van der Waals surface area contributed by atoms with Crippen molar-refractivity contribution in [2.24, 2.45) is 0 Å². The van der Waals surface area contributed by atoms with Gasteiger partial charge in [0.15, 0.2) is 17.7 Å². The number of benzene rings is 1. The van der Waals surface area contributed by atoms with Gasteiger partial charge < -0.3 is 20.5 Å². The van der Waals surface area contributed by atoms with Gasteiger partial charge in [-0.3, -0.25) is 0 Å². The molecule has 2 heterocycles. The first kappa shape index (κ1) is 18.9. The van der Waals surface area contributed by atoms with Crippen LogP contribution in [-0.2, 0) is 10.3 Å². The van der Waals surface area contributed by atoms with Crippen molar-refractivity contribution in [2.75, 3.05) is 11.1 Å². The summed E-state index contributed by atoms with van der Waals surface area (Å²) in [5, 5.41) is 3.27. The van der Waals surface area contributed by atoms with Crippen LogP contribution in [0.2, 0.25) is 0 Å². The number of nitrogen functional groups attached to an aromatic ring is 1. The summed E-state index contributed by atoms with van der Waals surface area (Å²) in [6, 6.07) is 4.00. The molecule has 2 atom stereocenters. The number of nitrogens with one attached hydrogen (secondary N) is 1. The molecule has 1 aliphatic carbocycles. The quantitative estimate of drug-likeness (QED) is 0.444. The molecule has 1 aromatic heterocycles. The standard InChI is InChI=1S/C21H29N5O2/c1-5-16(27-15-11-13(2)10-14(3)17(15)22)25-19-24-12-23-18(26-19)20(4)21(28-20)8-6-7-9-21/h10-12,16H,5-9,22H2,1-4H3,(H,23,24,25,26). The third-order valence-corrected chi connectivity index (χ3v) is 6.06. The van der Waals surface area contributed by atoms with Crippen molar-refractivity contribution < 1.29 is 9.47 Å². The Morgan fingerprint density at radius 2 is 2.00 bits per heavy atom. The molecular formula is C21H29N5O2. The largest absolute Gasteiger partial charge is 0.468 e. The first-order valence-corrected chi connectivity index (χ1v) is 10.1. The number of aryl methyl sites for hydroxylation is 2. The average molecular weight is 383 g/mol. The van der Waals surface area contributed by atoms with E-state index in [0.717, 1.165) is 30.4 Å². The fourth-order valence-corrected chi connectivity index (χ4v) is 4.28. The molecule has 0 bridgehead atoms. The van der Waals surface area contributed by atoms with Gasteiger partial charge in [-0.25, -0.2) is 9.97 Å². The lowest BCUT2D eigenvalue weighted by Gasteiger charge is -2.21. The summed E-state index contributed by atoms with van der Waals surface area (Å²) < 4.78 is 12.3. The Hall–Kier alpha value is -2.41. The smallest absolute Gasteiger partial charge is 0.228 e. The minimum Gasteiger partial charge on any atom is -0.468 e. The zero-order valence-corrected chi connectivity index (χ0v) is 17.1. The molecule has 0 radical (unpaired) electrons. The third-order valence-electron chi connectivity index (χ3n) is 6.06. The van der Waals surface area contributed by atoms with Gasteiger partial charge in [0.25, 0.3) is 0 Å². The minimum atomic E-state index is -0.413. The van der Waals surface area contributed by atoms with E-state index in [-0.39, 0.29) is 11.8 Å². The van der Waals surface area contributed by atoms with Crippen LogP contribution in [0.1, 0.15) is 62.9 Å². The monoisotopic (exact) mass is 383 g/mol. The second kappa shape index (κ2) is 6.88. The second-order valence-electron chi connectivity index (χ2n) is 8.12. The normalized spacial score (nSPS) is 23.6. The third kappa shape index (κ3) is 3.17. The summed E-state index contributed by atoms with van der Waals surface area (Å²) in [4.78, 5) is 13.3. The number of hydrogen-bond acceptors (Lipinski definition) is 7. The van der Waals surface area contributed by atoms with Crippen molar-refractivity contribution in [3.05, 3.63) is 35.4 Å². The van der Waals surface area contributed by atoms with Crippen LogP contribution in [0.25, 0.3) is 0 Å². The number of rotatable bonds is 6. The molecule has 1 saturated heterocycles. The van der Waals surface area contributed by atoms with Crippen molar-refractivity contribution >= 4 is 11.6 Å². The molecule has 4 rings (SSSR count). The van der Waals surface area contributed by atoms with E-state index in [1.54, 1.807) is 0 Å². The van der Waals surface area contributed by atoms with Crippen molar-refractivity contribution in [3.8, 4) is 5.75 Å². The predicted octanol–water partition coefficient (Wildman–Crippen LogP) is 3.86. The van der Waals surface area contributed by atoms with Crippen LogP contribution in [0.4, 0.5) is 11.6 Å². The van der Waals surface area contributed by atoms with Crippen molar-refractivity contribution in [1.29, 1.82) is 0 Å². The van der Waals surface area contributed by atoms with Gasteiger partial charge in [-0.1, -0.05) is 25.8 Å². The van der Waals surface area contributed by atoms with Gasteiger partial charge in [0, 0.05) is 6.42 Å². The Kier molecular flexibility index (Phi) is 4.65. The van der Waals surface area contributed by atoms with Crippen molar-refractivity contribution in [3.63, 3.8) is 0 Å². The highest BCUT2D eigenvalue weighted by atomic mass is 16.6. The fraction of sp³-hybridized carbons (Fsp3) is 0.571. The van der Waals surface area contributed by atoms with Crippen LogP contribution in [0.5, 0.6) is 5.75 Å². The lowest BCUT2D eigenvalue weighted by atomic mass is 9.92. The SMILES string of the molecule is CCC(Nc1ncnc(C2(C)OC23CCCC3)n1)Oc1cc(C)cc(C)c1N. The lowest BCUT2D eigenvalue weighted by molar-refractivity contribution is 0.225. The Morgan fingerprint density at radius 3 is 2.71 bits per heavy atom. The summed E-state index contributed by atoms with van der Waals surface area (Å²) in [6.45, 7) is 8.14. The van der Waals surface area contributed by atoms with Crippen LogP contribution in [0, 0.1) is 13.8 Å². The lowest BCUT2D eigenvalue weighted by Crippen LogP contribution is -2.28. The van der Waals surface area contributed by atoms with Crippen molar-refractivity contribution in [1.82, 2.24) is 15.0 Å². The highest BCUT2D eigenvalue weighted by molar-refractivity contribution is 5.59. The summed E-state index contributed by atoms with van der Waals surface area (Å²) in [7, 11) is 0. The fourth-order valence-electron chi connectivity index (χ4n) is 4.28. The van der Waals surface area contributed by atoms with Gasteiger partial charge in [0.05, 0.1) is 5.69 Å². The predicted molar refractivity (Wildman–Crippen MR) is 108 cm³/mol. The number of anilines is 2. The molecule has 1 saturated carbocycles. The molecule has 28 heavy (non-hydrogen) atoms. The highest BCUT2D eigenvalue weighted by Gasteiger charge is 2.70. The topological polar surface area (TPSA) is 98.5 Å². The summed E-state index contributed by atoms with van der Waals surface area (Å²) in [5.74, 6) is 1.85. The molecule has 2 aliphatic rings. The summed E-state index contributed by atoms with van der Waals surface area (Å²) >= 11 is 0. The van der Waals surface area contributed by atoms with E-state index in [4.69, 9.17) is 15.2 Å². The highest BCUT2D eigenvalue weighted by Crippen LogP contribution is 2.62. The maximum atomic E-state index is 6.19. The zero-order chi connectivity index (χ0) is 19.9. The first-order chi connectivity index (χ1) is 13.4. The number of nitrogens with two attached hydrogens (primary N) is 1. The molecule has 1 aromatic carbocycles. The van der Waals surface area contributed by atoms with E-state index in [1.807, 2.05) is 32.9 Å². The Balaban J connectivity index is 1.51. The van der Waals surface area contributed by atoms with Gasteiger partial charge in [-0.15, -0.1) is 0 Å². The Bertz CT molecular complexity index is 881. The van der Waals surface area contributed by atoms with E-state index < -0.39 is 5.60 Å². The van der Waals surface area contributed by atoms with Crippen LogP contribution in [0.15, 0.2) is 18.5 Å². The maximum Gasteiger partial charge on any atom is 0.228 e. The van der Waals surface area contributed by atoms with Crippen LogP contribution < -0.4 is 15.8 Å².